The molecule has 3 rings (SSSR count). The van der Waals surface area contributed by atoms with Crippen molar-refractivity contribution >= 4 is 50.8 Å². The fourth-order valence-electron chi connectivity index (χ4n) is 2.92. The van der Waals surface area contributed by atoms with E-state index in [1.54, 1.807) is 57.2 Å². The van der Waals surface area contributed by atoms with Gasteiger partial charge in [-0.2, -0.15) is 16.1 Å². The Hall–Kier alpha value is -2.01. The highest BCUT2D eigenvalue weighted by molar-refractivity contribution is 7.99. The van der Waals surface area contributed by atoms with Crippen LogP contribution in [0.3, 0.4) is 0 Å². The molecule has 0 unspecified atom stereocenters. The van der Waals surface area contributed by atoms with Crippen molar-refractivity contribution < 1.29 is 22.7 Å². The van der Waals surface area contributed by atoms with Crippen LogP contribution < -0.4 is 14.8 Å². The van der Waals surface area contributed by atoms with Crippen LogP contribution in [0.4, 0.5) is 5.69 Å². The van der Waals surface area contributed by atoms with Gasteiger partial charge in [0.25, 0.3) is 10.0 Å². The number of thioether (sulfide) groups is 1. The number of nitrogens with one attached hydrogen (secondary N) is 1. The zero-order valence-corrected chi connectivity index (χ0v) is 19.5. The van der Waals surface area contributed by atoms with E-state index in [-0.39, 0.29) is 10.1 Å². The molecule has 1 aromatic carbocycles. The number of ether oxygens (including phenoxy) is 2. The fraction of sp³-hybridized carbons (Fsp3) is 0.350. The van der Waals surface area contributed by atoms with E-state index in [1.807, 2.05) is 6.07 Å². The Morgan fingerprint density at radius 2 is 1.83 bits per heavy atom. The summed E-state index contributed by atoms with van der Waals surface area (Å²) in [5, 5.41) is 2.77. The van der Waals surface area contributed by atoms with Crippen molar-refractivity contribution in [1.29, 1.82) is 0 Å². The molecule has 1 saturated heterocycles. The van der Waals surface area contributed by atoms with E-state index in [0.29, 0.717) is 30.3 Å². The van der Waals surface area contributed by atoms with Crippen molar-refractivity contribution in [3.8, 4) is 11.5 Å². The topological polar surface area (TPSA) is 84.9 Å². The third kappa shape index (κ3) is 5.18. The number of hydrogen-bond donors (Lipinski definition) is 1. The molecule has 0 atom stereocenters. The second kappa shape index (κ2) is 9.86. The smallest absolute Gasteiger partial charge is 0.252 e. The molecule has 0 aliphatic carbocycles. The second-order valence-electron chi connectivity index (χ2n) is 6.49. The third-order valence-corrected chi connectivity index (χ3v) is 8.89. The summed E-state index contributed by atoms with van der Waals surface area (Å²) in [6.07, 6.45) is 3.05. The van der Waals surface area contributed by atoms with E-state index >= 15 is 0 Å². The number of aryl methyl sites for hydroxylation is 1. The first kappa shape index (κ1) is 22.7. The van der Waals surface area contributed by atoms with Gasteiger partial charge >= 0.3 is 0 Å². The molecule has 1 aliphatic heterocycles. The Kier molecular flexibility index (Phi) is 7.45. The Bertz CT molecular complexity index is 1040. The maximum absolute atomic E-state index is 12.8. The highest BCUT2D eigenvalue weighted by Crippen LogP contribution is 2.33. The van der Waals surface area contributed by atoms with Crippen LogP contribution in [-0.4, -0.2) is 57.4 Å². The summed E-state index contributed by atoms with van der Waals surface area (Å²) in [7, 11) is -0.420. The fourth-order valence-corrected chi connectivity index (χ4v) is 7.05. The number of anilines is 1. The Morgan fingerprint density at radius 3 is 2.50 bits per heavy atom. The molecule has 1 N–H and O–H groups in total. The van der Waals surface area contributed by atoms with Crippen LogP contribution in [0, 0.1) is 6.92 Å². The lowest BCUT2D eigenvalue weighted by Crippen LogP contribution is -2.37. The summed E-state index contributed by atoms with van der Waals surface area (Å²) < 4.78 is 37.9. The number of carbonyl (C=O) groups is 1. The average molecular weight is 469 g/mol. The molecular formula is C20H24N2O5S3. The molecular weight excluding hydrogens is 444 g/mol. The van der Waals surface area contributed by atoms with E-state index in [1.165, 1.54) is 21.7 Å². The van der Waals surface area contributed by atoms with Crippen molar-refractivity contribution in [3.63, 3.8) is 0 Å². The average Bonchev–Trinajstić information content (AvgIpc) is 3.13. The molecule has 10 heteroatoms. The predicted octanol–water partition coefficient (Wildman–Crippen LogP) is 3.46. The zero-order chi connectivity index (χ0) is 21.7. The Labute approximate surface area is 185 Å². The highest BCUT2D eigenvalue weighted by Gasteiger charge is 2.28. The van der Waals surface area contributed by atoms with Crippen molar-refractivity contribution in [1.82, 2.24) is 4.31 Å². The van der Waals surface area contributed by atoms with Gasteiger partial charge in [0.15, 0.2) is 11.5 Å². The molecule has 162 valence electrons. The van der Waals surface area contributed by atoms with E-state index in [9.17, 15) is 13.2 Å². The molecule has 0 bridgehead atoms. The molecule has 1 amide bonds. The number of amides is 1. The number of sulfonamides is 1. The van der Waals surface area contributed by atoms with Gasteiger partial charge in [0.1, 0.15) is 4.21 Å². The minimum atomic E-state index is -3.53. The molecule has 2 heterocycles. The monoisotopic (exact) mass is 468 g/mol. The first-order chi connectivity index (χ1) is 14.3. The van der Waals surface area contributed by atoms with Gasteiger partial charge < -0.3 is 14.8 Å². The van der Waals surface area contributed by atoms with Crippen LogP contribution in [0.1, 0.15) is 10.4 Å². The van der Waals surface area contributed by atoms with Gasteiger partial charge in [0.2, 0.25) is 5.91 Å². The van der Waals surface area contributed by atoms with Crippen LogP contribution in [0.5, 0.6) is 11.5 Å². The van der Waals surface area contributed by atoms with Gasteiger partial charge in [-0.1, -0.05) is 6.07 Å². The molecule has 1 fully saturated rings. The van der Waals surface area contributed by atoms with E-state index in [4.69, 9.17) is 9.47 Å². The Morgan fingerprint density at radius 1 is 1.13 bits per heavy atom. The molecule has 1 aromatic heterocycles. The largest absolute Gasteiger partial charge is 0.493 e. The van der Waals surface area contributed by atoms with Gasteiger partial charge in [0.05, 0.1) is 19.9 Å². The lowest BCUT2D eigenvalue weighted by Gasteiger charge is -2.24. The van der Waals surface area contributed by atoms with Crippen LogP contribution >= 0.6 is 23.1 Å². The molecule has 1 aliphatic rings. The SMILES string of the molecule is COc1ccc(C=CC(=O)Nc2cc(S(=O)(=O)N3CCSCC3)sc2C)cc1OC. The van der Waals surface area contributed by atoms with Crippen LogP contribution in [0.15, 0.2) is 34.6 Å². The minimum Gasteiger partial charge on any atom is -0.493 e. The summed E-state index contributed by atoms with van der Waals surface area (Å²) in [5.41, 5.74) is 1.28. The van der Waals surface area contributed by atoms with E-state index < -0.39 is 10.0 Å². The Balaban J connectivity index is 1.71. The first-order valence-electron chi connectivity index (χ1n) is 9.24. The maximum Gasteiger partial charge on any atom is 0.252 e. The summed E-state index contributed by atoms with van der Waals surface area (Å²) in [6.45, 7) is 2.82. The normalized spacial score (nSPS) is 15.3. The third-order valence-electron chi connectivity index (χ3n) is 4.55. The number of benzene rings is 1. The number of hydrogen-bond acceptors (Lipinski definition) is 7. The first-order valence-corrected chi connectivity index (χ1v) is 12.7. The highest BCUT2D eigenvalue weighted by atomic mass is 32.2. The molecule has 2 aromatic rings. The minimum absolute atomic E-state index is 0.256. The summed E-state index contributed by atoms with van der Waals surface area (Å²) >= 11 is 2.93. The van der Waals surface area contributed by atoms with Crippen molar-refractivity contribution in [3.05, 3.63) is 40.8 Å². The van der Waals surface area contributed by atoms with Crippen molar-refractivity contribution in [2.24, 2.45) is 0 Å². The summed E-state index contributed by atoms with van der Waals surface area (Å²) in [4.78, 5) is 13.1. The van der Waals surface area contributed by atoms with E-state index in [2.05, 4.69) is 5.32 Å². The lowest BCUT2D eigenvalue weighted by atomic mass is 10.2. The number of carbonyl (C=O) groups excluding carboxylic acids is 1. The van der Waals surface area contributed by atoms with Crippen LogP contribution in [-0.2, 0) is 14.8 Å². The second-order valence-corrected chi connectivity index (χ2v) is 11.1. The van der Waals surface area contributed by atoms with Gasteiger partial charge in [0, 0.05) is 35.5 Å². The molecule has 0 radical (unpaired) electrons. The number of nitrogens with zero attached hydrogens (tertiary/aromatic N) is 1. The summed E-state index contributed by atoms with van der Waals surface area (Å²) in [6, 6.07) is 6.87. The van der Waals surface area contributed by atoms with Gasteiger partial charge in [-0.05, 0) is 36.8 Å². The number of thiophene rings is 1. The van der Waals surface area contributed by atoms with Gasteiger partial charge in [-0.3, -0.25) is 4.79 Å². The molecule has 0 spiro atoms. The molecule has 30 heavy (non-hydrogen) atoms. The van der Waals surface area contributed by atoms with Crippen LogP contribution in [0.25, 0.3) is 6.08 Å². The molecule has 7 nitrogen and oxygen atoms in total. The number of rotatable bonds is 7. The van der Waals surface area contributed by atoms with Crippen molar-refractivity contribution in [2.75, 3.05) is 44.1 Å². The maximum atomic E-state index is 12.8. The van der Waals surface area contributed by atoms with Gasteiger partial charge in [-0.15, -0.1) is 11.3 Å². The lowest BCUT2D eigenvalue weighted by molar-refractivity contribution is -0.111. The standard InChI is InChI=1S/C20H24N2O5S3/c1-14-16(13-20(29-14)30(24,25)22-8-10-28-11-9-22)21-19(23)7-5-15-4-6-17(26-2)18(12-15)27-3/h4-7,12-13H,8-11H2,1-3H3,(H,21,23). The van der Waals surface area contributed by atoms with E-state index in [0.717, 1.165) is 21.9 Å². The number of methoxy groups -OCH3 is 2. The molecule has 0 saturated carbocycles. The zero-order valence-electron chi connectivity index (χ0n) is 17.0. The quantitative estimate of drug-likeness (QED) is 0.627. The predicted molar refractivity (Wildman–Crippen MR) is 122 cm³/mol. The van der Waals surface area contributed by atoms with Crippen LogP contribution in [0.2, 0.25) is 0 Å². The van der Waals surface area contributed by atoms with Gasteiger partial charge in [-0.25, -0.2) is 8.42 Å². The van der Waals surface area contributed by atoms with Crippen molar-refractivity contribution in [2.45, 2.75) is 11.1 Å². The summed E-state index contributed by atoms with van der Waals surface area (Å²) in [5.74, 6) is 2.43.